The van der Waals surface area contributed by atoms with Crippen molar-refractivity contribution in [3.8, 4) is 0 Å². The van der Waals surface area contributed by atoms with E-state index in [4.69, 9.17) is 10.3 Å². The van der Waals surface area contributed by atoms with Gasteiger partial charge in [0.1, 0.15) is 0 Å². The summed E-state index contributed by atoms with van der Waals surface area (Å²) in [6.07, 6.45) is 0. The number of benzene rings is 1. The van der Waals surface area contributed by atoms with Gasteiger partial charge in [0.15, 0.2) is 0 Å². The van der Waals surface area contributed by atoms with Crippen LogP contribution in [0.15, 0.2) is 30.9 Å². The zero-order chi connectivity index (χ0) is 12.7. The van der Waals surface area contributed by atoms with Crippen LogP contribution in [-0.4, -0.2) is 16.8 Å². The van der Waals surface area contributed by atoms with Crippen molar-refractivity contribution in [2.24, 2.45) is 10.3 Å². The van der Waals surface area contributed by atoms with E-state index in [0.717, 1.165) is 6.07 Å². The molecule has 4 N–H and O–H groups in total. The van der Waals surface area contributed by atoms with E-state index in [-0.39, 0.29) is 18.7 Å². The van der Waals surface area contributed by atoms with Gasteiger partial charge in [-0.05, 0) is 44.0 Å². The fourth-order valence-corrected chi connectivity index (χ4v) is 4.59. The molecule has 10 heteroatoms. The first-order chi connectivity index (χ1) is 7.03. The summed E-state index contributed by atoms with van der Waals surface area (Å²) >= 11 is 5.92. The van der Waals surface area contributed by atoms with Crippen molar-refractivity contribution in [1.29, 1.82) is 0 Å². The summed E-state index contributed by atoms with van der Waals surface area (Å²) in [6, 6.07) is 2.14. The van der Waals surface area contributed by atoms with Crippen LogP contribution in [-0.2, 0) is 20.0 Å². The third kappa shape index (κ3) is 3.02. The lowest BCUT2D eigenvalue weighted by molar-refractivity contribution is 0.595. The second kappa shape index (κ2) is 4.35. The Morgan fingerprint density at radius 3 is 1.38 bits per heavy atom. The fraction of sp³-hybridized carbons (Fsp3) is 0. The Morgan fingerprint density at radius 2 is 1.12 bits per heavy atom. The minimum atomic E-state index is -4.02. The fourth-order valence-electron chi connectivity index (χ4n) is 0.947. The number of sulfonamides is 2. The molecule has 0 saturated heterocycles. The Hall–Kier alpha value is -0.000000000000000111. The Bertz CT molecular complexity index is 585. The average molecular weight is 394 g/mol. The van der Waals surface area contributed by atoms with Gasteiger partial charge in [-0.1, -0.05) is 0 Å². The molecule has 16 heavy (non-hydrogen) atoms. The summed E-state index contributed by atoms with van der Waals surface area (Å²) in [5.41, 5.74) is 0. The molecule has 0 radical (unpaired) electrons. The average Bonchev–Trinajstić information content (AvgIpc) is 1.97. The molecule has 0 aliphatic rings. The zero-order valence-electron chi connectivity index (χ0n) is 7.51. The van der Waals surface area contributed by atoms with Crippen LogP contribution in [0.25, 0.3) is 0 Å². The number of rotatable bonds is 2. The predicted molar refractivity (Wildman–Crippen MR) is 64.6 cm³/mol. The highest BCUT2D eigenvalue weighted by molar-refractivity contribution is 9.11. The van der Waals surface area contributed by atoms with E-state index >= 15 is 0 Å². The minimum Gasteiger partial charge on any atom is -0.225 e. The van der Waals surface area contributed by atoms with Gasteiger partial charge in [0.05, 0.1) is 9.79 Å². The first-order valence-corrected chi connectivity index (χ1v) is 8.26. The summed E-state index contributed by atoms with van der Waals surface area (Å²) in [6.45, 7) is 0. The SMILES string of the molecule is NS(=O)(=O)c1cc(S(N)(=O)=O)c(Br)cc1Br. The summed E-state index contributed by atoms with van der Waals surface area (Å²) in [5.74, 6) is 0. The van der Waals surface area contributed by atoms with E-state index in [1.54, 1.807) is 0 Å². The third-order valence-corrected chi connectivity index (χ3v) is 5.34. The molecular weight excluding hydrogens is 388 g/mol. The van der Waals surface area contributed by atoms with Gasteiger partial charge in [0, 0.05) is 8.95 Å². The number of hydrogen-bond acceptors (Lipinski definition) is 4. The smallest absolute Gasteiger partial charge is 0.225 e. The van der Waals surface area contributed by atoms with Crippen molar-refractivity contribution in [3.05, 3.63) is 21.1 Å². The van der Waals surface area contributed by atoms with Crippen LogP contribution in [0.5, 0.6) is 0 Å². The molecule has 0 fully saturated rings. The molecule has 0 aromatic heterocycles. The van der Waals surface area contributed by atoms with Crippen molar-refractivity contribution in [3.63, 3.8) is 0 Å². The molecule has 0 heterocycles. The maximum absolute atomic E-state index is 11.1. The van der Waals surface area contributed by atoms with Crippen LogP contribution in [0.3, 0.4) is 0 Å². The van der Waals surface area contributed by atoms with Gasteiger partial charge in [-0.2, -0.15) is 0 Å². The van der Waals surface area contributed by atoms with Crippen molar-refractivity contribution in [1.82, 2.24) is 0 Å². The van der Waals surface area contributed by atoms with E-state index in [2.05, 4.69) is 31.9 Å². The molecule has 0 bridgehead atoms. The maximum atomic E-state index is 11.1. The van der Waals surface area contributed by atoms with Crippen molar-refractivity contribution in [2.45, 2.75) is 9.79 Å². The standard InChI is InChI=1S/C6H6Br2N2O4S2/c7-3-1-4(8)6(16(10,13)14)2-5(3)15(9,11)12/h1-2H,(H2,9,11,12)(H2,10,13,14). The number of nitrogens with two attached hydrogens (primary N) is 2. The Kier molecular flexibility index (Phi) is 3.82. The highest BCUT2D eigenvalue weighted by atomic mass is 79.9. The minimum absolute atomic E-state index is 0.147. The lowest BCUT2D eigenvalue weighted by Crippen LogP contribution is -2.17. The molecule has 0 aliphatic carbocycles. The third-order valence-electron chi connectivity index (χ3n) is 1.60. The quantitative estimate of drug-likeness (QED) is 0.759. The highest BCUT2D eigenvalue weighted by Gasteiger charge is 2.20. The van der Waals surface area contributed by atoms with Crippen molar-refractivity contribution in [2.75, 3.05) is 0 Å². The van der Waals surface area contributed by atoms with E-state index in [1.807, 2.05) is 0 Å². The second-order valence-electron chi connectivity index (χ2n) is 2.80. The lowest BCUT2D eigenvalue weighted by atomic mass is 10.4. The van der Waals surface area contributed by atoms with Crippen LogP contribution >= 0.6 is 31.9 Å². The number of hydrogen-bond donors (Lipinski definition) is 2. The molecule has 0 saturated carbocycles. The predicted octanol–water partition coefficient (Wildman–Crippen LogP) is 0.506. The van der Waals surface area contributed by atoms with Crippen LogP contribution < -0.4 is 10.3 Å². The van der Waals surface area contributed by atoms with Gasteiger partial charge in [0.2, 0.25) is 20.0 Å². The summed E-state index contributed by atoms with van der Waals surface area (Å²) in [7, 11) is -8.04. The van der Waals surface area contributed by atoms with Crippen LogP contribution in [0, 0.1) is 0 Å². The molecule has 1 aromatic rings. The van der Waals surface area contributed by atoms with Gasteiger partial charge >= 0.3 is 0 Å². The van der Waals surface area contributed by atoms with Gasteiger partial charge < -0.3 is 0 Å². The largest absolute Gasteiger partial charge is 0.239 e. The first kappa shape index (κ1) is 14.1. The monoisotopic (exact) mass is 392 g/mol. The summed E-state index contributed by atoms with van der Waals surface area (Å²) in [5, 5.41) is 9.82. The molecular formula is C6H6Br2N2O4S2. The van der Waals surface area contributed by atoms with Crippen LogP contribution in [0.4, 0.5) is 0 Å². The van der Waals surface area contributed by atoms with Crippen LogP contribution in [0.2, 0.25) is 0 Å². The molecule has 0 amide bonds. The topological polar surface area (TPSA) is 120 Å². The van der Waals surface area contributed by atoms with Crippen molar-refractivity contribution < 1.29 is 16.8 Å². The van der Waals surface area contributed by atoms with Gasteiger partial charge in [-0.25, -0.2) is 27.1 Å². The van der Waals surface area contributed by atoms with Crippen LogP contribution in [0.1, 0.15) is 0 Å². The maximum Gasteiger partial charge on any atom is 0.239 e. The molecule has 1 rings (SSSR count). The van der Waals surface area contributed by atoms with E-state index < -0.39 is 20.0 Å². The Morgan fingerprint density at radius 1 is 0.812 bits per heavy atom. The number of primary sulfonamides is 2. The van der Waals surface area contributed by atoms with Gasteiger partial charge in [-0.3, -0.25) is 0 Å². The van der Waals surface area contributed by atoms with Gasteiger partial charge in [-0.15, -0.1) is 0 Å². The molecule has 0 unspecified atom stereocenters. The van der Waals surface area contributed by atoms with Crippen molar-refractivity contribution >= 4 is 51.9 Å². The zero-order valence-corrected chi connectivity index (χ0v) is 12.3. The normalized spacial score (nSPS) is 12.8. The lowest BCUT2D eigenvalue weighted by Gasteiger charge is -2.07. The summed E-state index contributed by atoms with van der Waals surface area (Å²) in [4.78, 5) is -0.695. The van der Waals surface area contributed by atoms with E-state index in [9.17, 15) is 16.8 Å². The first-order valence-electron chi connectivity index (χ1n) is 3.58. The highest BCUT2D eigenvalue weighted by Crippen LogP contribution is 2.30. The molecule has 0 aliphatic heterocycles. The number of halogens is 2. The summed E-state index contributed by atoms with van der Waals surface area (Å²) < 4.78 is 44.9. The second-order valence-corrected chi connectivity index (χ2v) is 7.57. The Balaban J connectivity index is 3.72. The molecule has 90 valence electrons. The molecule has 1 aromatic carbocycles. The molecule has 0 spiro atoms. The van der Waals surface area contributed by atoms with E-state index in [1.165, 1.54) is 6.07 Å². The van der Waals surface area contributed by atoms with E-state index in [0.29, 0.717) is 0 Å². The Labute approximate surface area is 109 Å². The molecule has 6 nitrogen and oxygen atoms in total. The molecule has 0 atom stereocenters. The van der Waals surface area contributed by atoms with Gasteiger partial charge in [0.25, 0.3) is 0 Å².